The van der Waals surface area contributed by atoms with Crippen molar-refractivity contribution in [3.05, 3.63) is 76.2 Å². The molecule has 3 rings (SSSR count). The molecule has 2 N–H and O–H groups in total. The highest BCUT2D eigenvalue weighted by Gasteiger charge is 2.11. The molecule has 1 aromatic heterocycles. The van der Waals surface area contributed by atoms with Crippen LogP contribution in [0.2, 0.25) is 0 Å². The largest absolute Gasteiger partial charge is 0.491 e. The summed E-state index contributed by atoms with van der Waals surface area (Å²) in [5, 5.41) is 13.7. The highest BCUT2D eigenvalue weighted by atomic mass is 16.5. The standard InChI is InChI=1S/C23H27N3O5/c1-29-11-10-26-23(27)9-7-19(24-26)14-17-6-8-22(31-13-12-30-2)21(15-17)18-4-3-5-20(16-18)25-28/h3-9,15-16,25,28H,10-14H2,1-2H3. The minimum absolute atomic E-state index is 0.156. The first-order valence-corrected chi connectivity index (χ1v) is 9.96. The van der Waals surface area contributed by atoms with E-state index in [9.17, 15) is 10.0 Å². The van der Waals surface area contributed by atoms with Crippen LogP contribution in [0.5, 0.6) is 5.75 Å². The minimum atomic E-state index is -0.156. The van der Waals surface area contributed by atoms with Gasteiger partial charge in [-0.25, -0.2) is 4.68 Å². The molecule has 8 nitrogen and oxygen atoms in total. The molecule has 0 amide bonds. The van der Waals surface area contributed by atoms with Crippen molar-refractivity contribution in [2.45, 2.75) is 13.0 Å². The Kier molecular flexibility index (Phi) is 8.17. The molecule has 0 saturated carbocycles. The van der Waals surface area contributed by atoms with Crippen LogP contribution in [-0.2, 0) is 22.4 Å². The number of ether oxygens (including phenoxy) is 3. The van der Waals surface area contributed by atoms with Crippen molar-refractivity contribution in [2.75, 3.05) is 39.5 Å². The normalized spacial score (nSPS) is 10.8. The van der Waals surface area contributed by atoms with Gasteiger partial charge in [0, 0.05) is 32.3 Å². The molecule has 0 spiro atoms. The lowest BCUT2D eigenvalue weighted by atomic mass is 9.99. The summed E-state index contributed by atoms with van der Waals surface area (Å²) in [5.41, 5.74) is 6.18. The maximum atomic E-state index is 12.0. The van der Waals surface area contributed by atoms with Gasteiger partial charge in [-0.1, -0.05) is 18.2 Å². The Morgan fingerprint density at radius 3 is 2.61 bits per heavy atom. The monoisotopic (exact) mass is 425 g/mol. The van der Waals surface area contributed by atoms with Crippen molar-refractivity contribution in [1.82, 2.24) is 9.78 Å². The molecular weight excluding hydrogens is 398 g/mol. The fourth-order valence-corrected chi connectivity index (χ4v) is 3.16. The SMILES string of the molecule is COCCOc1ccc(Cc2ccc(=O)n(CCOC)n2)cc1-c1cccc(NO)c1. The van der Waals surface area contributed by atoms with Crippen LogP contribution in [0.15, 0.2) is 59.4 Å². The Labute approximate surface area is 181 Å². The highest BCUT2D eigenvalue weighted by Crippen LogP contribution is 2.33. The molecule has 0 fully saturated rings. The molecule has 0 aliphatic rings. The van der Waals surface area contributed by atoms with Gasteiger partial charge in [0.15, 0.2) is 0 Å². The molecule has 8 heteroatoms. The Bertz CT molecular complexity index is 1050. The smallest absolute Gasteiger partial charge is 0.266 e. The van der Waals surface area contributed by atoms with E-state index in [4.69, 9.17) is 14.2 Å². The molecule has 0 saturated heterocycles. The first-order valence-electron chi connectivity index (χ1n) is 9.96. The van der Waals surface area contributed by atoms with E-state index in [0.29, 0.717) is 44.2 Å². The van der Waals surface area contributed by atoms with Crippen LogP contribution in [-0.4, -0.2) is 49.0 Å². The van der Waals surface area contributed by atoms with Crippen molar-refractivity contribution in [2.24, 2.45) is 0 Å². The van der Waals surface area contributed by atoms with Crippen molar-refractivity contribution >= 4 is 5.69 Å². The molecule has 0 unspecified atom stereocenters. The fraction of sp³-hybridized carbons (Fsp3) is 0.304. The van der Waals surface area contributed by atoms with Gasteiger partial charge in [0.25, 0.3) is 5.56 Å². The Hall–Kier alpha value is -3.20. The number of hydrogen-bond acceptors (Lipinski definition) is 7. The van der Waals surface area contributed by atoms with Gasteiger partial charge < -0.3 is 14.2 Å². The highest BCUT2D eigenvalue weighted by molar-refractivity contribution is 5.74. The lowest BCUT2D eigenvalue weighted by molar-refractivity contribution is 0.146. The second-order valence-electron chi connectivity index (χ2n) is 6.92. The molecule has 0 bridgehead atoms. The summed E-state index contributed by atoms with van der Waals surface area (Å²) >= 11 is 0. The number of rotatable bonds is 11. The van der Waals surface area contributed by atoms with Crippen LogP contribution >= 0.6 is 0 Å². The van der Waals surface area contributed by atoms with Crippen LogP contribution in [0.1, 0.15) is 11.3 Å². The number of anilines is 1. The topological polar surface area (TPSA) is 94.8 Å². The summed E-state index contributed by atoms with van der Waals surface area (Å²) in [4.78, 5) is 12.0. The van der Waals surface area contributed by atoms with Gasteiger partial charge in [0.05, 0.1) is 31.1 Å². The van der Waals surface area contributed by atoms with Gasteiger partial charge in [-0.05, 0) is 41.5 Å². The molecular formula is C23H27N3O5. The van der Waals surface area contributed by atoms with Crippen LogP contribution in [0.25, 0.3) is 11.1 Å². The molecule has 3 aromatic rings. The molecule has 0 aliphatic heterocycles. The van der Waals surface area contributed by atoms with Crippen LogP contribution in [0, 0.1) is 0 Å². The summed E-state index contributed by atoms with van der Waals surface area (Å²) < 4.78 is 17.5. The van der Waals surface area contributed by atoms with E-state index in [-0.39, 0.29) is 5.56 Å². The summed E-state index contributed by atoms with van der Waals surface area (Å²) in [6.07, 6.45) is 0.552. The lowest BCUT2D eigenvalue weighted by Gasteiger charge is -2.14. The van der Waals surface area contributed by atoms with E-state index < -0.39 is 0 Å². The van der Waals surface area contributed by atoms with Crippen molar-refractivity contribution in [3.63, 3.8) is 0 Å². The zero-order valence-electron chi connectivity index (χ0n) is 17.7. The number of aromatic nitrogens is 2. The molecule has 0 radical (unpaired) electrons. The molecule has 31 heavy (non-hydrogen) atoms. The van der Waals surface area contributed by atoms with E-state index >= 15 is 0 Å². The van der Waals surface area contributed by atoms with E-state index in [1.54, 1.807) is 26.4 Å². The third-order valence-electron chi connectivity index (χ3n) is 4.71. The van der Waals surface area contributed by atoms with Gasteiger partial charge >= 0.3 is 0 Å². The van der Waals surface area contributed by atoms with Gasteiger partial charge in [-0.3, -0.25) is 15.5 Å². The average molecular weight is 425 g/mol. The third kappa shape index (κ3) is 6.14. The first kappa shape index (κ1) is 22.5. The number of hydrogen-bond donors (Lipinski definition) is 2. The lowest BCUT2D eigenvalue weighted by Crippen LogP contribution is -2.25. The zero-order valence-corrected chi connectivity index (χ0v) is 17.7. The number of benzene rings is 2. The third-order valence-corrected chi connectivity index (χ3v) is 4.71. The molecule has 164 valence electrons. The fourth-order valence-electron chi connectivity index (χ4n) is 3.16. The molecule has 0 aliphatic carbocycles. The summed E-state index contributed by atoms with van der Waals surface area (Å²) in [7, 11) is 3.22. The van der Waals surface area contributed by atoms with E-state index in [1.807, 2.05) is 36.4 Å². The molecule has 2 aromatic carbocycles. The second-order valence-corrected chi connectivity index (χ2v) is 6.92. The molecule has 0 atom stereocenters. The Balaban J connectivity index is 1.92. The second kappa shape index (κ2) is 11.3. The summed E-state index contributed by atoms with van der Waals surface area (Å²) in [6, 6.07) is 16.6. The summed E-state index contributed by atoms with van der Waals surface area (Å²) in [6.45, 7) is 1.73. The maximum Gasteiger partial charge on any atom is 0.266 e. The van der Waals surface area contributed by atoms with Gasteiger partial charge in [0.2, 0.25) is 0 Å². The van der Waals surface area contributed by atoms with Gasteiger partial charge in [0.1, 0.15) is 12.4 Å². The average Bonchev–Trinajstić information content (AvgIpc) is 2.80. The number of methoxy groups -OCH3 is 2. The van der Waals surface area contributed by atoms with Crippen molar-refractivity contribution in [3.8, 4) is 16.9 Å². The van der Waals surface area contributed by atoms with E-state index in [2.05, 4.69) is 10.6 Å². The zero-order chi connectivity index (χ0) is 22.1. The molecule has 1 heterocycles. The van der Waals surface area contributed by atoms with Crippen LogP contribution < -0.4 is 15.8 Å². The van der Waals surface area contributed by atoms with Crippen molar-refractivity contribution in [1.29, 1.82) is 0 Å². The van der Waals surface area contributed by atoms with Gasteiger partial charge in [-0.15, -0.1) is 0 Å². The summed E-state index contributed by atoms with van der Waals surface area (Å²) in [5.74, 6) is 0.717. The van der Waals surface area contributed by atoms with Crippen LogP contribution in [0.3, 0.4) is 0 Å². The predicted octanol–water partition coefficient (Wildman–Crippen LogP) is 2.97. The van der Waals surface area contributed by atoms with E-state index in [1.165, 1.54) is 10.7 Å². The minimum Gasteiger partial charge on any atom is -0.491 e. The first-order chi connectivity index (χ1) is 15.1. The van der Waals surface area contributed by atoms with Crippen molar-refractivity contribution < 1.29 is 19.4 Å². The predicted molar refractivity (Wildman–Crippen MR) is 118 cm³/mol. The Morgan fingerprint density at radius 1 is 1.00 bits per heavy atom. The quantitative estimate of drug-likeness (QED) is 0.360. The Morgan fingerprint density at radius 2 is 1.84 bits per heavy atom. The number of nitrogens with zero attached hydrogens (tertiary/aromatic N) is 2. The van der Waals surface area contributed by atoms with E-state index in [0.717, 1.165) is 22.4 Å². The maximum absolute atomic E-state index is 12.0. The van der Waals surface area contributed by atoms with Gasteiger partial charge in [-0.2, -0.15) is 5.10 Å². The van der Waals surface area contributed by atoms with Crippen LogP contribution in [0.4, 0.5) is 5.69 Å². The number of nitrogens with one attached hydrogen (secondary N) is 1.